The smallest absolute Gasteiger partial charge is 0.324 e. The van der Waals surface area contributed by atoms with E-state index in [0.29, 0.717) is 4.31 Å². The van der Waals surface area contributed by atoms with Gasteiger partial charge in [-0.1, -0.05) is 17.7 Å². The molecule has 10 heteroatoms. The minimum Gasteiger partial charge on any atom is -0.480 e. The number of nitrogens with zero attached hydrogens (tertiary/aromatic N) is 1. The highest BCUT2D eigenvalue weighted by Gasteiger charge is 2.28. The number of benzene rings is 1. The van der Waals surface area contributed by atoms with E-state index >= 15 is 0 Å². The number of sulfone groups is 1. The van der Waals surface area contributed by atoms with Crippen molar-refractivity contribution in [3.63, 3.8) is 0 Å². The highest BCUT2D eigenvalue weighted by molar-refractivity contribution is 8.08. The second-order valence-corrected chi connectivity index (χ2v) is 8.87. The first kappa shape index (κ1) is 16.7. The molecule has 7 nitrogen and oxygen atoms in total. The number of hydrogen-bond donors (Lipinski definition) is 1. The number of carboxylic acid groups (broad SMARTS) is 1. The lowest BCUT2D eigenvalue weighted by Crippen LogP contribution is -2.39. The fraction of sp³-hybridized carbons (Fsp3) is 0.300. The van der Waals surface area contributed by atoms with Crippen molar-refractivity contribution in [2.24, 2.45) is 0 Å². The molecule has 0 spiro atoms. The highest BCUT2D eigenvalue weighted by Crippen LogP contribution is 2.22. The zero-order chi connectivity index (χ0) is 15.6. The van der Waals surface area contributed by atoms with Gasteiger partial charge in [0.25, 0.3) is 0 Å². The van der Waals surface area contributed by atoms with Crippen molar-refractivity contribution >= 4 is 43.1 Å². The summed E-state index contributed by atoms with van der Waals surface area (Å²) in [5.41, 5.74) is -0.0106. The van der Waals surface area contributed by atoms with Crippen molar-refractivity contribution in [2.75, 3.05) is 22.2 Å². The van der Waals surface area contributed by atoms with Gasteiger partial charge in [-0.3, -0.25) is 9.10 Å². The van der Waals surface area contributed by atoms with Crippen LogP contribution < -0.4 is 4.31 Å². The molecule has 0 amide bonds. The van der Waals surface area contributed by atoms with Gasteiger partial charge in [0.15, 0.2) is 14.9 Å². The predicted octanol–water partition coefficient (Wildman–Crippen LogP) is 0.563. The van der Waals surface area contributed by atoms with Gasteiger partial charge in [0, 0.05) is 11.3 Å². The largest absolute Gasteiger partial charge is 0.480 e. The van der Waals surface area contributed by atoms with Gasteiger partial charge in [0.2, 0.25) is 10.0 Å². The zero-order valence-electron chi connectivity index (χ0n) is 10.4. The number of aliphatic carboxylic acids is 1. The van der Waals surface area contributed by atoms with Crippen LogP contribution in [0.4, 0.5) is 5.69 Å². The molecule has 1 N–H and O–H groups in total. The highest BCUT2D eigenvalue weighted by atomic mass is 35.5. The average Bonchev–Trinajstić information content (AvgIpc) is 2.22. The summed E-state index contributed by atoms with van der Waals surface area (Å²) >= 11 is 5.72. The zero-order valence-corrected chi connectivity index (χ0v) is 12.7. The van der Waals surface area contributed by atoms with Crippen LogP contribution in [0, 0.1) is 0 Å². The van der Waals surface area contributed by atoms with Crippen molar-refractivity contribution in [3.05, 3.63) is 29.3 Å². The maximum atomic E-state index is 12.0. The van der Waals surface area contributed by atoms with E-state index in [9.17, 15) is 21.6 Å². The van der Waals surface area contributed by atoms with E-state index in [1.165, 1.54) is 24.3 Å². The quantitative estimate of drug-likeness (QED) is 0.809. The van der Waals surface area contributed by atoms with E-state index in [2.05, 4.69) is 0 Å². The van der Waals surface area contributed by atoms with Crippen LogP contribution in [0.2, 0.25) is 5.02 Å². The molecule has 0 radical (unpaired) electrons. The number of carboxylic acids is 1. The molecule has 0 aliphatic rings. The first-order valence-corrected chi connectivity index (χ1v) is 9.21. The minimum atomic E-state index is -4.34. The fourth-order valence-corrected chi connectivity index (χ4v) is 5.04. The van der Waals surface area contributed by atoms with Crippen molar-refractivity contribution < 1.29 is 26.7 Å². The van der Waals surface area contributed by atoms with Gasteiger partial charge in [-0.15, -0.1) is 0 Å². The van der Waals surface area contributed by atoms with Crippen LogP contribution in [0.15, 0.2) is 24.3 Å². The topological polar surface area (TPSA) is 109 Å². The Labute approximate surface area is 121 Å². The molecule has 0 fully saturated rings. The molecule has 112 valence electrons. The molecule has 1 aromatic rings. The Kier molecular flexibility index (Phi) is 5.00. The van der Waals surface area contributed by atoms with Crippen LogP contribution in [-0.2, 0) is 24.7 Å². The first-order chi connectivity index (χ1) is 9.01. The number of hydrogen-bond acceptors (Lipinski definition) is 5. The summed E-state index contributed by atoms with van der Waals surface area (Å²) in [4.78, 5) is 10.8. The van der Waals surface area contributed by atoms with Crippen molar-refractivity contribution in [1.82, 2.24) is 0 Å². The molecule has 0 bridgehead atoms. The predicted molar refractivity (Wildman–Crippen MR) is 75.1 cm³/mol. The molecule has 0 heterocycles. The van der Waals surface area contributed by atoms with Crippen molar-refractivity contribution in [3.8, 4) is 0 Å². The maximum Gasteiger partial charge on any atom is 0.324 e. The molecule has 0 aliphatic carbocycles. The Morgan fingerprint density at radius 3 is 2.35 bits per heavy atom. The maximum absolute atomic E-state index is 12.0. The molecule has 0 aromatic heterocycles. The Balaban J connectivity index is 3.29. The second-order valence-electron chi connectivity index (χ2n) is 4.04. The van der Waals surface area contributed by atoms with E-state index in [4.69, 9.17) is 16.7 Å². The van der Waals surface area contributed by atoms with E-state index in [-0.39, 0.29) is 10.7 Å². The van der Waals surface area contributed by atoms with E-state index < -0.39 is 37.5 Å². The summed E-state index contributed by atoms with van der Waals surface area (Å²) < 4.78 is 46.9. The van der Waals surface area contributed by atoms with Gasteiger partial charge >= 0.3 is 5.97 Å². The Bertz CT molecular complexity index is 713. The van der Waals surface area contributed by atoms with Crippen LogP contribution in [0.25, 0.3) is 0 Å². The minimum absolute atomic E-state index is 0.0106. The standard InChI is InChI=1S/C10H12ClNO6S2/c1-19(15,16)7-20(17,18)12(6-10(13)14)9-4-2-3-8(11)5-9/h2-5H,6-7H2,1H3,(H,13,14). The molecular formula is C10H12ClNO6S2. The lowest BCUT2D eigenvalue weighted by molar-refractivity contribution is -0.135. The summed E-state index contributed by atoms with van der Waals surface area (Å²) in [6.07, 6.45) is 0.751. The molecule has 0 saturated carbocycles. The SMILES string of the molecule is CS(=O)(=O)CS(=O)(=O)N(CC(=O)O)c1cccc(Cl)c1. The lowest BCUT2D eigenvalue weighted by atomic mass is 10.3. The third-order valence-electron chi connectivity index (χ3n) is 2.07. The second kappa shape index (κ2) is 5.98. The summed E-state index contributed by atoms with van der Waals surface area (Å²) in [6.45, 7) is -0.891. The molecule has 0 unspecified atom stereocenters. The summed E-state index contributed by atoms with van der Waals surface area (Å²) in [6, 6.07) is 5.48. The number of sulfonamides is 1. The molecular weight excluding hydrogens is 330 g/mol. The summed E-state index contributed by atoms with van der Waals surface area (Å²) in [7, 11) is -8.18. The van der Waals surface area contributed by atoms with E-state index in [1.807, 2.05) is 0 Å². The van der Waals surface area contributed by atoms with Crippen LogP contribution in [-0.4, -0.2) is 45.8 Å². The summed E-state index contributed by atoms with van der Waals surface area (Å²) in [5.74, 6) is -1.41. The number of carbonyl (C=O) groups is 1. The van der Waals surface area contributed by atoms with Gasteiger partial charge < -0.3 is 5.11 Å². The lowest BCUT2D eigenvalue weighted by Gasteiger charge is -2.22. The van der Waals surface area contributed by atoms with Crippen molar-refractivity contribution in [2.45, 2.75) is 0 Å². The Morgan fingerprint density at radius 1 is 1.30 bits per heavy atom. The molecule has 1 aromatic carbocycles. The van der Waals surface area contributed by atoms with Gasteiger partial charge in [-0.25, -0.2) is 16.8 Å². The van der Waals surface area contributed by atoms with Gasteiger partial charge in [-0.05, 0) is 18.2 Å². The number of halogens is 1. The third kappa shape index (κ3) is 4.99. The molecule has 20 heavy (non-hydrogen) atoms. The monoisotopic (exact) mass is 341 g/mol. The first-order valence-electron chi connectivity index (χ1n) is 5.17. The van der Waals surface area contributed by atoms with Gasteiger partial charge in [0.05, 0.1) is 5.69 Å². The van der Waals surface area contributed by atoms with E-state index in [0.717, 1.165) is 6.26 Å². The number of rotatable bonds is 6. The van der Waals surface area contributed by atoms with Gasteiger partial charge in [-0.2, -0.15) is 0 Å². The van der Waals surface area contributed by atoms with Crippen LogP contribution in [0.1, 0.15) is 0 Å². The fourth-order valence-electron chi connectivity index (χ4n) is 1.44. The van der Waals surface area contributed by atoms with Crippen LogP contribution in [0.3, 0.4) is 0 Å². The Hall–Kier alpha value is -1.32. The Morgan fingerprint density at radius 2 is 1.90 bits per heavy atom. The molecule has 0 aliphatic heterocycles. The summed E-state index contributed by atoms with van der Waals surface area (Å²) in [5, 5.41) is 7.81. The van der Waals surface area contributed by atoms with Gasteiger partial charge in [0.1, 0.15) is 6.54 Å². The van der Waals surface area contributed by atoms with Crippen LogP contribution in [0.5, 0.6) is 0 Å². The number of anilines is 1. The molecule has 1 rings (SSSR count). The normalized spacial score (nSPS) is 12.1. The van der Waals surface area contributed by atoms with Crippen LogP contribution >= 0.6 is 11.6 Å². The van der Waals surface area contributed by atoms with Crippen molar-refractivity contribution in [1.29, 1.82) is 0 Å². The molecule has 0 atom stereocenters. The average molecular weight is 342 g/mol. The van der Waals surface area contributed by atoms with E-state index in [1.54, 1.807) is 0 Å². The third-order valence-corrected chi connectivity index (χ3v) is 6.22. The molecule has 0 saturated heterocycles.